The summed E-state index contributed by atoms with van der Waals surface area (Å²) in [5.74, 6) is -2.29. The van der Waals surface area contributed by atoms with Crippen LogP contribution in [0, 0.1) is 17.1 Å². The lowest BCUT2D eigenvalue weighted by Crippen LogP contribution is -2.30. The Labute approximate surface area is 97.8 Å². The second-order valence-corrected chi connectivity index (χ2v) is 5.14. The van der Waals surface area contributed by atoms with E-state index in [2.05, 4.69) is 5.32 Å². The summed E-state index contributed by atoms with van der Waals surface area (Å²) in [6.07, 6.45) is 0. The maximum Gasteiger partial charge on any atom is 0.236 e. The van der Waals surface area contributed by atoms with Crippen LogP contribution >= 0.6 is 0 Å². The minimum Gasteiger partial charge on any atom is -0.342 e. The summed E-state index contributed by atoms with van der Waals surface area (Å²) in [4.78, 5) is 10.9. The minimum absolute atomic E-state index is 0.260. The molecule has 0 aliphatic rings. The van der Waals surface area contributed by atoms with Crippen molar-refractivity contribution in [1.82, 2.24) is 5.32 Å². The second kappa shape index (κ2) is 5.41. The van der Waals surface area contributed by atoms with E-state index in [1.165, 1.54) is 12.1 Å². The third-order valence-electron chi connectivity index (χ3n) is 1.84. The number of rotatable bonds is 4. The lowest BCUT2D eigenvalue weighted by molar-refractivity contribution is -0.118. The van der Waals surface area contributed by atoms with E-state index in [4.69, 9.17) is 5.26 Å². The van der Waals surface area contributed by atoms with E-state index in [0.717, 1.165) is 12.1 Å². The number of amides is 1. The molecule has 0 saturated carbocycles. The van der Waals surface area contributed by atoms with Crippen LogP contribution in [-0.4, -0.2) is 26.6 Å². The zero-order valence-electron chi connectivity index (χ0n) is 8.68. The third kappa shape index (κ3) is 3.85. The fourth-order valence-corrected chi connectivity index (χ4v) is 2.30. The van der Waals surface area contributed by atoms with Gasteiger partial charge in [0.1, 0.15) is 18.1 Å². The summed E-state index contributed by atoms with van der Waals surface area (Å²) in [5, 5.41) is 10.3. The van der Waals surface area contributed by atoms with Gasteiger partial charge in [-0.3, -0.25) is 4.79 Å². The standard InChI is InChI=1S/C10H9FN2O3S/c11-8-2-1-3-9(6-8)17(15,16)7-10(14)13-5-4-12/h1-3,6H,5,7H2,(H,13,14). The van der Waals surface area contributed by atoms with Gasteiger partial charge in [0.25, 0.3) is 0 Å². The van der Waals surface area contributed by atoms with Gasteiger partial charge in [0.05, 0.1) is 11.0 Å². The molecule has 0 aromatic heterocycles. The van der Waals surface area contributed by atoms with Crippen LogP contribution in [0.3, 0.4) is 0 Å². The topological polar surface area (TPSA) is 87.0 Å². The first kappa shape index (κ1) is 13.1. The van der Waals surface area contributed by atoms with Gasteiger partial charge in [0.15, 0.2) is 9.84 Å². The maximum absolute atomic E-state index is 12.8. The van der Waals surface area contributed by atoms with Gasteiger partial charge in [0, 0.05) is 0 Å². The number of carbonyl (C=O) groups excluding carboxylic acids is 1. The minimum atomic E-state index is -3.87. The average molecular weight is 256 g/mol. The van der Waals surface area contributed by atoms with Crippen LogP contribution in [0.15, 0.2) is 29.2 Å². The lowest BCUT2D eigenvalue weighted by atomic mass is 10.4. The lowest BCUT2D eigenvalue weighted by Gasteiger charge is -2.04. The Hall–Kier alpha value is -1.94. The molecule has 0 heterocycles. The maximum atomic E-state index is 12.8. The van der Waals surface area contributed by atoms with E-state index in [1.54, 1.807) is 6.07 Å². The Kier molecular flexibility index (Phi) is 4.17. The van der Waals surface area contributed by atoms with Gasteiger partial charge in [0.2, 0.25) is 5.91 Å². The van der Waals surface area contributed by atoms with Crippen molar-refractivity contribution in [3.05, 3.63) is 30.1 Å². The molecule has 0 fully saturated rings. The highest BCUT2D eigenvalue weighted by Crippen LogP contribution is 2.12. The van der Waals surface area contributed by atoms with E-state index in [9.17, 15) is 17.6 Å². The summed E-state index contributed by atoms with van der Waals surface area (Å²) in [6, 6.07) is 6.04. The largest absolute Gasteiger partial charge is 0.342 e. The highest BCUT2D eigenvalue weighted by molar-refractivity contribution is 7.92. The predicted octanol–water partition coefficient (Wildman–Crippen LogP) is 0.239. The SMILES string of the molecule is N#CCNC(=O)CS(=O)(=O)c1cccc(F)c1. The molecule has 0 saturated heterocycles. The molecule has 90 valence electrons. The van der Waals surface area contributed by atoms with Crippen LogP contribution in [0.1, 0.15) is 0 Å². The third-order valence-corrected chi connectivity index (χ3v) is 3.46. The molecule has 0 aliphatic heterocycles. The molecule has 0 aliphatic carbocycles. The highest BCUT2D eigenvalue weighted by atomic mass is 32.2. The molecule has 1 aromatic carbocycles. The van der Waals surface area contributed by atoms with Crippen molar-refractivity contribution < 1.29 is 17.6 Å². The Morgan fingerprint density at radius 3 is 2.76 bits per heavy atom. The number of nitriles is 1. The number of sulfone groups is 1. The van der Waals surface area contributed by atoms with E-state index in [0.29, 0.717) is 0 Å². The van der Waals surface area contributed by atoms with Crippen LogP contribution in [-0.2, 0) is 14.6 Å². The van der Waals surface area contributed by atoms with Crippen molar-refractivity contribution in [2.45, 2.75) is 4.90 Å². The Morgan fingerprint density at radius 2 is 2.18 bits per heavy atom. The van der Waals surface area contributed by atoms with Crippen LogP contribution in [0.2, 0.25) is 0 Å². The van der Waals surface area contributed by atoms with Crippen molar-refractivity contribution in [1.29, 1.82) is 5.26 Å². The smallest absolute Gasteiger partial charge is 0.236 e. The molecule has 7 heteroatoms. The first-order valence-corrected chi connectivity index (χ1v) is 6.23. The van der Waals surface area contributed by atoms with Crippen molar-refractivity contribution in [2.24, 2.45) is 0 Å². The molecule has 1 aromatic rings. The molecular weight excluding hydrogens is 247 g/mol. The summed E-state index contributed by atoms with van der Waals surface area (Å²) in [5.41, 5.74) is 0. The van der Waals surface area contributed by atoms with Crippen molar-refractivity contribution in [3.63, 3.8) is 0 Å². The van der Waals surface area contributed by atoms with E-state index in [-0.39, 0.29) is 11.4 Å². The van der Waals surface area contributed by atoms with Gasteiger partial charge in [-0.2, -0.15) is 5.26 Å². The zero-order chi connectivity index (χ0) is 12.9. The Morgan fingerprint density at radius 1 is 1.47 bits per heavy atom. The summed E-state index contributed by atoms with van der Waals surface area (Å²) < 4.78 is 36.1. The molecule has 1 N–H and O–H groups in total. The first-order valence-electron chi connectivity index (χ1n) is 4.57. The Balaban J connectivity index is 2.83. The molecule has 5 nitrogen and oxygen atoms in total. The van der Waals surface area contributed by atoms with Gasteiger partial charge >= 0.3 is 0 Å². The van der Waals surface area contributed by atoms with Gasteiger partial charge in [-0.25, -0.2) is 12.8 Å². The number of hydrogen-bond acceptors (Lipinski definition) is 4. The first-order chi connectivity index (χ1) is 7.95. The molecule has 17 heavy (non-hydrogen) atoms. The van der Waals surface area contributed by atoms with Gasteiger partial charge in [-0.15, -0.1) is 0 Å². The molecule has 0 spiro atoms. The van der Waals surface area contributed by atoms with E-state index < -0.39 is 27.3 Å². The van der Waals surface area contributed by atoms with Crippen LogP contribution in [0.4, 0.5) is 4.39 Å². The number of carbonyl (C=O) groups is 1. The number of halogens is 1. The number of hydrogen-bond donors (Lipinski definition) is 1. The van der Waals surface area contributed by atoms with Gasteiger partial charge in [-0.05, 0) is 18.2 Å². The quantitative estimate of drug-likeness (QED) is 0.782. The van der Waals surface area contributed by atoms with Crippen molar-refractivity contribution in [3.8, 4) is 6.07 Å². The second-order valence-electron chi connectivity index (χ2n) is 3.15. The van der Waals surface area contributed by atoms with Gasteiger partial charge in [-0.1, -0.05) is 6.07 Å². The van der Waals surface area contributed by atoms with Crippen LogP contribution in [0.25, 0.3) is 0 Å². The monoisotopic (exact) mass is 256 g/mol. The molecule has 0 atom stereocenters. The van der Waals surface area contributed by atoms with E-state index >= 15 is 0 Å². The van der Waals surface area contributed by atoms with Crippen molar-refractivity contribution in [2.75, 3.05) is 12.3 Å². The molecule has 0 radical (unpaired) electrons. The predicted molar refractivity (Wildman–Crippen MR) is 57.1 cm³/mol. The Bertz CT molecular complexity index is 563. The fraction of sp³-hybridized carbons (Fsp3) is 0.200. The molecule has 0 unspecified atom stereocenters. The summed E-state index contributed by atoms with van der Waals surface area (Å²) in [6.45, 7) is -0.266. The molecule has 1 rings (SSSR count). The average Bonchev–Trinajstić information content (AvgIpc) is 2.26. The molecule has 1 amide bonds. The summed E-state index contributed by atoms with van der Waals surface area (Å²) in [7, 11) is -3.87. The summed E-state index contributed by atoms with van der Waals surface area (Å²) >= 11 is 0. The number of nitrogens with one attached hydrogen (secondary N) is 1. The van der Waals surface area contributed by atoms with Gasteiger partial charge < -0.3 is 5.32 Å². The number of nitrogens with zero attached hydrogens (tertiary/aromatic N) is 1. The number of benzene rings is 1. The van der Waals surface area contributed by atoms with Crippen molar-refractivity contribution >= 4 is 15.7 Å². The van der Waals surface area contributed by atoms with Crippen LogP contribution in [0.5, 0.6) is 0 Å². The zero-order valence-corrected chi connectivity index (χ0v) is 9.50. The molecule has 0 bridgehead atoms. The highest BCUT2D eigenvalue weighted by Gasteiger charge is 2.19. The normalized spacial score (nSPS) is 10.6. The molecular formula is C10H9FN2O3S. The fourth-order valence-electron chi connectivity index (χ4n) is 1.11. The van der Waals surface area contributed by atoms with Crippen LogP contribution < -0.4 is 5.32 Å². The van der Waals surface area contributed by atoms with E-state index in [1.807, 2.05) is 0 Å².